The van der Waals surface area contributed by atoms with Gasteiger partial charge in [-0.05, 0) is 31.2 Å². The summed E-state index contributed by atoms with van der Waals surface area (Å²) in [4.78, 5) is 15.8. The third-order valence-electron chi connectivity index (χ3n) is 2.58. The van der Waals surface area contributed by atoms with E-state index in [1.165, 1.54) is 6.20 Å². The van der Waals surface area contributed by atoms with E-state index in [2.05, 4.69) is 10.3 Å². The standard InChI is InChI=1S/C14H11F3N2O2/c1-2-21-10-4-3-7-18-13(10)19-14(20)8-5-6-9(15)12(17)11(8)16/h3-7H,2H2,1H3,(H,18,19,20). The molecule has 0 saturated carbocycles. The summed E-state index contributed by atoms with van der Waals surface area (Å²) in [5.74, 6) is -5.22. The molecule has 0 saturated heterocycles. The second kappa shape index (κ2) is 6.25. The van der Waals surface area contributed by atoms with Crippen LogP contribution in [0.5, 0.6) is 5.75 Å². The van der Waals surface area contributed by atoms with Crippen LogP contribution in [0.2, 0.25) is 0 Å². The molecule has 0 aliphatic rings. The molecule has 0 fully saturated rings. The Balaban J connectivity index is 2.29. The van der Waals surface area contributed by atoms with Gasteiger partial charge in [-0.1, -0.05) is 0 Å². The van der Waals surface area contributed by atoms with Gasteiger partial charge in [0.25, 0.3) is 5.91 Å². The smallest absolute Gasteiger partial charge is 0.260 e. The van der Waals surface area contributed by atoms with Crippen molar-refractivity contribution in [3.63, 3.8) is 0 Å². The minimum Gasteiger partial charge on any atom is -0.490 e. The Bertz CT molecular complexity index is 677. The summed E-state index contributed by atoms with van der Waals surface area (Å²) in [7, 11) is 0. The Morgan fingerprint density at radius 3 is 2.71 bits per heavy atom. The third kappa shape index (κ3) is 3.13. The number of aromatic nitrogens is 1. The first-order valence-electron chi connectivity index (χ1n) is 6.07. The molecule has 1 amide bonds. The van der Waals surface area contributed by atoms with Crippen LogP contribution >= 0.6 is 0 Å². The summed E-state index contributed by atoms with van der Waals surface area (Å²) in [6, 6.07) is 4.69. The number of carbonyl (C=O) groups is 1. The maximum Gasteiger partial charge on any atom is 0.260 e. The predicted octanol–water partition coefficient (Wildman–Crippen LogP) is 3.15. The molecule has 0 aliphatic heterocycles. The van der Waals surface area contributed by atoms with E-state index in [9.17, 15) is 18.0 Å². The number of ether oxygens (including phenoxy) is 1. The molecule has 1 heterocycles. The van der Waals surface area contributed by atoms with Crippen molar-refractivity contribution >= 4 is 11.7 Å². The molecule has 1 N–H and O–H groups in total. The Kier molecular flexibility index (Phi) is 4.42. The molecule has 110 valence electrons. The Hall–Kier alpha value is -2.57. The summed E-state index contributed by atoms with van der Waals surface area (Å²) < 4.78 is 44.7. The lowest BCUT2D eigenvalue weighted by atomic mass is 10.2. The molecular weight excluding hydrogens is 285 g/mol. The highest BCUT2D eigenvalue weighted by Crippen LogP contribution is 2.22. The highest BCUT2D eigenvalue weighted by Gasteiger charge is 2.20. The monoisotopic (exact) mass is 296 g/mol. The molecule has 0 unspecified atom stereocenters. The summed E-state index contributed by atoms with van der Waals surface area (Å²) in [6.45, 7) is 2.09. The van der Waals surface area contributed by atoms with Gasteiger partial charge in [0, 0.05) is 6.20 Å². The van der Waals surface area contributed by atoms with E-state index in [4.69, 9.17) is 4.74 Å². The van der Waals surface area contributed by atoms with E-state index in [1.807, 2.05) is 0 Å². The number of hydrogen-bond acceptors (Lipinski definition) is 3. The number of hydrogen-bond donors (Lipinski definition) is 1. The van der Waals surface area contributed by atoms with Crippen LogP contribution in [-0.2, 0) is 0 Å². The topological polar surface area (TPSA) is 51.2 Å². The molecule has 0 spiro atoms. The molecule has 21 heavy (non-hydrogen) atoms. The van der Waals surface area contributed by atoms with Gasteiger partial charge in [0.15, 0.2) is 29.0 Å². The molecule has 7 heteroatoms. The van der Waals surface area contributed by atoms with Crippen molar-refractivity contribution < 1.29 is 22.7 Å². The number of anilines is 1. The van der Waals surface area contributed by atoms with Gasteiger partial charge in [0.2, 0.25) is 0 Å². The third-order valence-corrected chi connectivity index (χ3v) is 2.58. The first-order valence-corrected chi connectivity index (χ1v) is 6.07. The minimum absolute atomic E-state index is 0.0634. The van der Waals surface area contributed by atoms with Crippen LogP contribution in [0.15, 0.2) is 30.5 Å². The van der Waals surface area contributed by atoms with E-state index in [1.54, 1.807) is 19.1 Å². The maximum absolute atomic E-state index is 13.5. The first-order chi connectivity index (χ1) is 10.0. The van der Waals surface area contributed by atoms with Crippen molar-refractivity contribution in [3.05, 3.63) is 53.5 Å². The van der Waals surface area contributed by atoms with Crippen LogP contribution < -0.4 is 10.1 Å². The van der Waals surface area contributed by atoms with Gasteiger partial charge in [-0.3, -0.25) is 4.79 Å². The van der Waals surface area contributed by atoms with Gasteiger partial charge in [-0.15, -0.1) is 0 Å². The highest BCUT2D eigenvalue weighted by atomic mass is 19.2. The molecule has 0 atom stereocenters. The van der Waals surface area contributed by atoms with Crippen molar-refractivity contribution in [3.8, 4) is 5.75 Å². The zero-order valence-corrected chi connectivity index (χ0v) is 11.0. The average Bonchev–Trinajstić information content (AvgIpc) is 2.47. The van der Waals surface area contributed by atoms with Crippen LogP contribution in [0, 0.1) is 17.5 Å². The summed E-state index contributed by atoms with van der Waals surface area (Å²) in [5, 5.41) is 2.29. The fourth-order valence-corrected chi connectivity index (χ4v) is 1.63. The molecule has 2 rings (SSSR count). The number of pyridine rings is 1. The van der Waals surface area contributed by atoms with Gasteiger partial charge in [-0.2, -0.15) is 0 Å². The van der Waals surface area contributed by atoms with Crippen LogP contribution in [0.1, 0.15) is 17.3 Å². The fourth-order valence-electron chi connectivity index (χ4n) is 1.63. The summed E-state index contributed by atoms with van der Waals surface area (Å²) in [6.07, 6.45) is 1.40. The maximum atomic E-state index is 13.5. The lowest BCUT2D eigenvalue weighted by Gasteiger charge is -2.10. The number of nitrogens with zero attached hydrogens (tertiary/aromatic N) is 1. The van der Waals surface area contributed by atoms with E-state index < -0.39 is 28.9 Å². The Morgan fingerprint density at radius 1 is 1.24 bits per heavy atom. The molecule has 4 nitrogen and oxygen atoms in total. The van der Waals surface area contributed by atoms with Crippen LogP contribution in [-0.4, -0.2) is 17.5 Å². The molecule has 1 aromatic heterocycles. The van der Waals surface area contributed by atoms with Gasteiger partial charge in [-0.25, -0.2) is 18.2 Å². The van der Waals surface area contributed by atoms with Crippen molar-refractivity contribution in [2.45, 2.75) is 6.92 Å². The minimum atomic E-state index is -1.70. The second-order valence-electron chi connectivity index (χ2n) is 3.96. The molecule has 0 aliphatic carbocycles. The van der Waals surface area contributed by atoms with E-state index in [0.717, 1.165) is 6.07 Å². The zero-order chi connectivity index (χ0) is 15.4. The normalized spacial score (nSPS) is 10.3. The van der Waals surface area contributed by atoms with Crippen LogP contribution in [0.25, 0.3) is 0 Å². The van der Waals surface area contributed by atoms with Crippen molar-refractivity contribution in [2.75, 3.05) is 11.9 Å². The lowest BCUT2D eigenvalue weighted by Crippen LogP contribution is -2.16. The number of nitrogens with one attached hydrogen (secondary N) is 1. The average molecular weight is 296 g/mol. The van der Waals surface area contributed by atoms with E-state index in [-0.39, 0.29) is 11.6 Å². The van der Waals surface area contributed by atoms with E-state index >= 15 is 0 Å². The van der Waals surface area contributed by atoms with E-state index in [0.29, 0.717) is 12.7 Å². The van der Waals surface area contributed by atoms with Gasteiger partial charge < -0.3 is 10.1 Å². The van der Waals surface area contributed by atoms with Crippen molar-refractivity contribution in [1.82, 2.24) is 4.98 Å². The van der Waals surface area contributed by atoms with Crippen LogP contribution in [0.3, 0.4) is 0 Å². The Morgan fingerprint density at radius 2 is 2.00 bits per heavy atom. The SMILES string of the molecule is CCOc1cccnc1NC(=O)c1ccc(F)c(F)c1F. The van der Waals surface area contributed by atoms with Crippen LogP contribution in [0.4, 0.5) is 19.0 Å². The summed E-state index contributed by atoms with van der Waals surface area (Å²) >= 11 is 0. The van der Waals surface area contributed by atoms with Crippen molar-refractivity contribution in [1.29, 1.82) is 0 Å². The fraction of sp³-hybridized carbons (Fsp3) is 0.143. The first kappa shape index (κ1) is 14.8. The molecule has 0 bridgehead atoms. The Labute approximate surface area is 118 Å². The molecule has 2 aromatic rings. The molecule has 1 aromatic carbocycles. The largest absolute Gasteiger partial charge is 0.490 e. The number of rotatable bonds is 4. The second-order valence-corrected chi connectivity index (χ2v) is 3.96. The molecular formula is C14H11F3N2O2. The number of halogens is 3. The number of carbonyl (C=O) groups excluding carboxylic acids is 1. The predicted molar refractivity (Wildman–Crippen MR) is 69.7 cm³/mol. The van der Waals surface area contributed by atoms with Gasteiger partial charge in [0.05, 0.1) is 12.2 Å². The van der Waals surface area contributed by atoms with Crippen molar-refractivity contribution in [2.24, 2.45) is 0 Å². The quantitative estimate of drug-likeness (QED) is 0.882. The summed E-state index contributed by atoms with van der Waals surface area (Å²) in [5.41, 5.74) is -0.623. The highest BCUT2D eigenvalue weighted by molar-refractivity contribution is 6.04. The molecule has 0 radical (unpaired) electrons. The zero-order valence-electron chi connectivity index (χ0n) is 11.0. The number of amides is 1. The van der Waals surface area contributed by atoms with Gasteiger partial charge >= 0.3 is 0 Å². The number of benzene rings is 1. The van der Waals surface area contributed by atoms with Gasteiger partial charge in [0.1, 0.15) is 0 Å². The lowest BCUT2D eigenvalue weighted by molar-refractivity contribution is 0.102.